The van der Waals surface area contributed by atoms with Gasteiger partial charge in [0.25, 0.3) is 0 Å². The van der Waals surface area contributed by atoms with E-state index in [0.717, 1.165) is 23.7 Å². The van der Waals surface area contributed by atoms with Crippen molar-refractivity contribution in [2.45, 2.75) is 25.4 Å². The minimum atomic E-state index is 0.0696. The molecule has 1 N–H and O–H groups in total. The van der Waals surface area contributed by atoms with Gasteiger partial charge in [-0.15, -0.1) is 0 Å². The molecule has 0 saturated heterocycles. The highest BCUT2D eigenvalue weighted by atomic mass is 16.3. The van der Waals surface area contributed by atoms with Gasteiger partial charge in [0, 0.05) is 0 Å². The van der Waals surface area contributed by atoms with E-state index in [1.54, 1.807) is 0 Å². The lowest BCUT2D eigenvalue weighted by atomic mass is 9.73. The van der Waals surface area contributed by atoms with Gasteiger partial charge in [-0.25, -0.2) is 0 Å². The minimum Gasteiger partial charge on any atom is -0.393 e. The second-order valence-electron chi connectivity index (χ2n) is 5.50. The molecule has 4 rings (SSSR count). The zero-order chi connectivity index (χ0) is 8.58. The Kier molecular flexibility index (Phi) is 1.10. The molecule has 1 nitrogen and oxygen atoms in total. The molecule has 7 atom stereocenters. The molecule has 13 heavy (non-hydrogen) atoms. The number of aliphatic hydroxyl groups is 1. The van der Waals surface area contributed by atoms with Crippen molar-refractivity contribution in [2.75, 3.05) is 0 Å². The molecule has 0 amide bonds. The van der Waals surface area contributed by atoms with E-state index in [2.05, 4.69) is 12.2 Å². The Morgan fingerprint density at radius 2 is 1.46 bits per heavy atom. The smallest absolute Gasteiger partial charge is 0.0602 e. The van der Waals surface area contributed by atoms with Crippen LogP contribution in [0.4, 0.5) is 0 Å². The summed E-state index contributed by atoms with van der Waals surface area (Å²) in [7, 11) is 0. The molecule has 70 valence electrons. The van der Waals surface area contributed by atoms with Gasteiger partial charge >= 0.3 is 0 Å². The van der Waals surface area contributed by atoms with Crippen molar-refractivity contribution in [3.63, 3.8) is 0 Å². The van der Waals surface area contributed by atoms with Crippen LogP contribution in [0.1, 0.15) is 19.3 Å². The molecule has 0 aromatic carbocycles. The molecule has 4 aliphatic rings. The number of hydrogen-bond donors (Lipinski definition) is 1. The van der Waals surface area contributed by atoms with Gasteiger partial charge in [0.05, 0.1) is 6.10 Å². The van der Waals surface area contributed by atoms with Crippen molar-refractivity contribution in [1.82, 2.24) is 0 Å². The zero-order valence-corrected chi connectivity index (χ0v) is 7.76. The molecule has 0 aromatic rings. The summed E-state index contributed by atoms with van der Waals surface area (Å²) in [5.41, 5.74) is 0. The van der Waals surface area contributed by atoms with Crippen LogP contribution in [0.25, 0.3) is 0 Å². The number of fused-ring (bicyclic) bond motifs is 9. The standard InChI is InChI=1S/C12H16O/c13-12-8-3-4-9(12)11-7-2-1-6(5-7)10(8)11/h1-2,6-13H,3-5H2/t6-,7+,8+,9-,10+,11-,12?. The molecular weight excluding hydrogens is 160 g/mol. The summed E-state index contributed by atoms with van der Waals surface area (Å²) in [5, 5.41) is 10.1. The van der Waals surface area contributed by atoms with Gasteiger partial charge < -0.3 is 5.11 Å². The first-order valence-corrected chi connectivity index (χ1v) is 5.72. The van der Waals surface area contributed by atoms with E-state index >= 15 is 0 Å². The molecule has 0 aliphatic heterocycles. The normalized spacial score (nSPS) is 66.4. The molecule has 4 aliphatic carbocycles. The molecule has 1 heteroatoms. The Bertz CT molecular complexity index is 257. The maximum Gasteiger partial charge on any atom is 0.0602 e. The predicted octanol–water partition coefficient (Wildman–Crippen LogP) is 1.83. The molecule has 3 fully saturated rings. The van der Waals surface area contributed by atoms with E-state index in [1.807, 2.05) is 0 Å². The summed E-state index contributed by atoms with van der Waals surface area (Å²) in [5.74, 6) is 4.80. The van der Waals surface area contributed by atoms with E-state index in [1.165, 1.54) is 19.3 Å². The lowest BCUT2D eigenvalue weighted by molar-refractivity contribution is 0.109. The fourth-order valence-electron chi connectivity index (χ4n) is 4.99. The van der Waals surface area contributed by atoms with Crippen LogP contribution in [0.2, 0.25) is 0 Å². The fourth-order valence-corrected chi connectivity index (χ4v) is 4.99. The summed E-state index contributed by atoms with van der Waals surface area (Å²) in [6.45, 7) is 0. The van der Waals surface area contributed by atoms with Crippen molar-refractivity contribution >= 4 is 0 Å². The average Bonchev–Trinajstić information content (AvgIpc) is 2.84. The highest BCUT2D eigenvalue weighted by Gasteiger charge is 2.61. The van der Waals surface area contributed by atoms with Crippen molar-refractivity contribution < 1.29 is 5.11 Å². The van der Waals surface area contributed by atoms with Crippen LogP contribution in [0, 0.1) is 35.5 Å². The van der Waals surface area contributed by atoms with Crippen LogP contribution in [-0.4, -0.2) is 11.2 Å². The van der Waals surface area contributed by atoms with Crippen molar-refractivity contribution in [3.8, 4) is 0 Å². The van der Waals surface area contributed by atoms with Gasteiger partial charge in [0.2, 0.25) is 0 Å². The maximum absolute atomic E-state index is 10.1. The van der Waals surface area contributed by atoms with Crippen LogP contribution in [-0.2, 0) is 0 Å². The highest BCUT2D eigenvalue weighted by molar-refractivity contribution is 5.21. The second-order valence-corrected chi connectivity index (χ2v) is 5.50. The number of hydrogen-bond acceptors (Lipinski definition) is 1. The summed E-state index contributed by atoms with van der Waals surface area (Å²) >= 11 is 0. The predicted molar refractivity (Wildman–Crippen MR) is 49.9 cm³/mol. The zero-order valence-electron chi connectivity index (χ0n) is 7.76. The molecule has 0 spiro atoms. The minimum absolute atomic E-state index is 0.0696. The quantitative estimate of drug-likeness (QED) is 0.441. The molecule has 0 radical (unpaired) electrons. The average molecular weight is 176 g/mol. The Hall–Kier alpha value is -0.300. The summed E-state index contributed by atoms with van der Waals surface area (Å²) < 4.78 is 0. The molecule has 3 saturated carbocycles. The van der Waals surface area contributed by atoms with Crippen LogP contribution in [0.15, 0.2) is 12.2 Å². The molecule has 1 unspecified atom stereocenters. The third kappa shape index (κ3) is 0.633. The Morgan fingerprint density at radius 1 is 0.923 bits per heavy atom. The van der Waals surface area contributed by atoms with Crippen LogP contribution in [0.5, 0.6) is 0 Å². The maximum atomic E-state index is 10.1. The second kappa shape index (κ2) is 2.03. The van der Waals surface area contributed by atoms with Gasteiger partial charge in [-0.1, -0.05) is 12.2 Å². The van der Waals surface area contributed by atoms with Crippen molar-refractivity contribution in [3.05, 3.63) is 12.2 Å². The number of allylic oxidation sites excluding steroid dienone is 2. The van der Waals surface area contributed by atoms with Crippen LogP contribution in [0.3, 0.4) is 0 Å². The molecule has 0 aromatic heterocycles. The first kappa shape index (κ1) is 7.05. The Morgan fingerprint density at radius 3 is 2.00 bits per heavy atom. The third-order valence-electron chi connectivity index (χ3n) is 5.28. The highest BCUT2D eigenvalue weighted by Crippen LogP contribution is 2.65. The molecule has 0 heterocycles. The molecular formula is C12H16O. The number of rotatable bonds is 0. The summed E-state index contributed by atoms with van der Waals surface area (Å²) in [4.78, 5) is 0. The van der Waals surface area contributed by atoms with Gasteiger partial charge in [-0.3, -0.25) is 0 Å². The van der Waals surface area contributed by atoms with Gasteiger partial charge in [0.15, 0.2) is 0 Å². The van der Waals surface area contributed by atoms with Gasteiger partial charge in [-0.2, -0.15) is 0 Å². The van der Waals surface area contributed by atoms with E-state index < -0.39 is 0 Å². The Balaban J connectivity index is 1.81. The largest absolute Gasteiger partial charge is 0.393 e. The van der Waals surface area contributed by atoms with E-state index in [4.69, 9.17) is 0 Å². The number of aliphatic hydroxyl groups excluding tert-OH is 1. The van der Waals surface area contributed by atoms with E-state index in [-0.39, 0.29) is 6.10 Å². The van der Waals surface area contributed by atoms with Gasteiger partial charge in [0.1, 0.15) is 0 Å². The van der Waals surface area contributed by atoms with Gasteiger partial charge in [-0.05, 0) is 54.8 Å². The lowest BCUT2D eigenvalue weighted by Gasteiger charge is -2.31. The Labute approximate surface area is 78.8 Å². The van der Waals surface area contributed by atoms with E-state index in [0.29, 0.717) is 11.8 Å². The first-order valence-electron chi connectivity index (χ1n) is 5.72. The third-order valence-corrected chi connectivity index (χ3v) is 5.28. The SMILES string of the molecule is OC1[C@H]2CC[C@@H]1[C@@H]1[C@H]2[C@@H]2C=C[C@H]1C2. The summed E-state index contributed by atoms with van der Waals surface area (Å²) in [6, 6.07) is 0. The first-order chi connectivity index (χ1) is 6.36. The topological polar surface area (TPSA) is 20.2 Å². The van der Waals surface area contributed by atoms with Crippen molar-refractivity contribution in [1.29, 1.82) is 0 Å². The van der Waals surface area contributed by atoms with Crippen LogP contribution < -0.4 is 0 Å². The molecule has 4 bridgehead atoms. The lowest BCUT2D eigenvalue weighted by Crippen LogP contribution is -2.25. The van der Waals surface area contributed by atoms with Crippen molar-refractivity contribution in [2.24, 2.45) is 35.5 Å². The van der Waals surface area contributed by atoms with Crippen LogP contribution >= 0.6 is 0 Å². The van der Waals surface area contributed by atoms with E-state index in [9.17, 15) is 5.11 Å². The fraction of sp³-hybridized carbons (Fsp3) is 0.833. The monoisotopic (exact) mass is 176 g/mol. The summed E-state index contributed by atoms with van der Waals surface area (Å²) in [6.07, 6.45) is 8.96.